The Kier molecular flexibility index (Phi) is 5.61. The van der Waals surface area contributed by atoms with E-state index in [0.717, 1.165) is 13.0 Å². The Morgan fingerprint density at radius 3 is 2.50 bits per heavy atom. The van der Waals surface area contributed by atoms with Gasteiger partial charge in [0.15, 0.2) is 0 Å². The minimum absolute atomic E-state index is 0.320. The van der Waals surface area contributed by atoms with Crippen LogP contribution in [-0.2, 0) is 0 Å². The van der Waals surface area contributed by atoms with Gasteiger partial charge in [-0.05, 0) is 27.2 Å². The van der Waals surface area contributed by atoms with Crippen LogP contribution < -0.4 is 15.0 Å². The molecule has 1 heterocycles. The summed E-state index contributed by atoms with van der Waals surface area (Å²) < 4.78 is 5.48. The van der Waals surface area contributed by atoms with Crippen LogP contribution in [-0.4, -0.2) is 41.2 Å². The highest BCUT2D eigenvalue weighted by Crippen LogP contribution is 2.15. The first-order valence-electron chi connectivity index (χ1n) is 6.44. The largest absolute Gasteiger partial charge is 0.463 e. The van der Waals surface area contributed by atoms with Gasteiger partial charge < -0.3 is 15.0 Å². The lowest BCUT2D eigenvalue weighted by Gasteiger charge is -2.21. The molecular formula is C12H23N5O. The van der Waals surface area contributed by atoms with Gasteiger partial charge in [0, 0.05) is 19.6 Å². The second-order valence-electron chi connectivity index (χ2n) is 4.33. The molecule has 0 fully saturated rings. The summed E-state index contributed by atoms with van der Waals surface area (Å²) in [6.07, 6.45) is 0.928. The molecule has 1 aromatic rings. The van der Waals surface area contributed by atoms with Gasteiger partial charge in [-0.15, -0.1) is 0 Å². The molecule has 0 saturated carbocycles. The van der Waals surface area contributed by atoms with Crippen molar-refractivity contribution < 1.29 is 4.74 Å². The molecule has 6 nitrogen and oxygen atoms in total. The first-order chi connectivity index (χ1) is 8.58. The zero-order valence-corrected chi connectivity index (χ0v) is 11.9. The monoisotopic (exact) mass is 253 g/mol. The zero-order chi connectivity index (χ0) is 13.5. The van der Waals surface area contributed by atoms with Crippen molar-refractivity contribution in [1.29, 1.82) is 0 Å². The Morgan fingerprint density at radius 2 is 1.94 bits per heavy atom. The summed E-state index contributed by atoms with van der Waals surface area (Å²) in [4.78, 5) is 14.9. The molecule has 0 atom stereocenters. The molecule has 18 heavy (non-hydrogen) atoms. The average Bonchev–Trinajstić information content (AvgIpc) is 2.35. The van der Waals surface area contributed by atoms with Gasteiger partial charge >= 0.3 is 6.01 Å². The fraction of sp³-hybridized carbons (Fsp3) is 0.750. The molecule has 0 unspecified atom stereocenters. The van der Waals surface area contributed by atoms with Crippen LogP contribution in [0.15, 0.2) is 0 Å². The van der Waals surface area contributed by atoms with Crippen molar-refractivity contribution in [3.63, 3.8) is 0 Å². The summed E-state index contributed by atoms with van der Waals surface area (Å²) in [5.74, 6) is 1.18. The SMILES string of the molecule is CCCOc1nc(NCC)nc(N(C)C(C)C)n1. The molecular weight excluding hydrogens is 230 g/mol. The highest BCUT2D eigenvalue weighted by atomic mass is 16.5. The van der Waals surface area contributed by atoms with Gasteiger partial charge in [0.25, 0.3) is 0 Å². The van der Waals surface area contributed by atoms with E-state index in [-0.39, 0.29) is 0 Å². The smallest absolute Gasteiger partial charge is 0.323 e. The molecule has 1 N–H and O–H groups in total. The molecule has 0 aliphatic heterocycles. The first kappa shape index (κ1) is 14.5. The molecule has 1 aromatic heterocycles. The van der Waals surface area contributed by atoms with Crippen LogP contribution in [0.3, 0.4) is 0 Å². The summed E-state index contributed by atoms with van der Waals surface area (Å²) >= 11 is 0. The maximum absolute atomic E-state index is 5.48. The molecule has 0 aromatic carbocycles. The number of hydrogen-bond acceptors (Lipinski definition) is 6. The molecule has 6 heteroatoms. The van der Waals surface area contributed by atoms with E-state index in [1.165, 1.54) is 0 Å². The van der Waals surface area contributed by atoms with Crippen LogP contribution in [0.4, 0.5) is 11.9 Å². The van der Waals surface area contributed by atoms with E-state index in [1.807, 2.05) is 25.8 Å². The fourth-order valence-corrected chi connectivity index (χ4v) is 1.23. The number of aromatic nitrogens is 3. The molecule has 0 saturated heterocycles. The first-order valence-corrected chi connectivity index (χ1v) is 6.44. The van der Waals surface area contributed by atoms with Crippen LogP contribution in [0.1, 0.15) is 34.1 Å². The van der Waals surface area contributed by atoms with Crippen molar-refractivity contribution in [1.82, 2.24) is 15.0 Å². The van der Waals surface area contributed by atoms with Crippen LogP contribution >= 0.6 is 0 Å². The van der Waals surface area contributed by atoms with E-state index in [0.29, 0.717) is 30.6 Å². The van der Waals surface area contributed by atoms with Crippen LogP contribution in [0.5, 0.6) is 6.01 Å². The molecule has 0 radical (unpaired) electrons. The summed E-state index contributed by atoms with van der Waals surface area (Å²) in [6, 6.07) is 0.700. The summed E-state index contributed by atoms with van der Waals surface area (Å²) in [7, 11) is 1.96. The van der Waals surface area contributed by atoms with Gasteiger partial charge in [0.2, 0.25) is 11.9 Å². The van der Waals surface area contributed by atoms with Gasteiger partial charge in [-0.1, -0.05) is 6.92 Å². The number of ether oxygens (including phenoxy) is 1. The van der Waals surface area contributed by atoms with E-state index in [1.54, 1.807) is 0 Å². The van der Waals surface area contributed by atoms with E-state index >= 15 is 0 Å². The minimum atomic E-state index is 0.320. The molecule has 0 aliphatic carbocycles. The Morgan fingerprint density at radius 1 is 1.22 bits per heavy atom. The average molecular weight is 253 g/mol. The summed E-state index contributed by atoms with van der Waals surface area (Å²) in [6.45, 7) is 9.60. The van der Waals surface area contributed by atoms with Crippen molar-refractivity contribution in [2.75, 3.05) is 30.4 Å². The van der Waals surface area contributed by atoms with E-state index in [4.69, 9.17) is 4.74 Å². The van der Waals surface area contributed by atoms with Crippen LogP contribution in [0, 0.1) is 0 Å². The summed E-state index contributed by atoms with van der Waals surface area (Å²) in [5, 5.41) is 3.09. The maximum atomic E-state index is 5.48. The van der Waals surface area contributed by atoms with Crippen molar-refractivity contribution in [3.05, 3.63) is 0 Å². The standard InChI is InChI=1S/C12H23N5O/c1-6-8-18-12-15-10(13-7-2)14-11(16-12)17(5)9(3)4/h9H,6-8H2,1-5H3,(H,13,14,15,16). The third-order valence-electron chi connectivity index (χ3n) is 2.46. The van der Waals surface area contributed by atoms with Crippen molar-refractivity contribution in [3.8, 4) is 6.01 Å². The van der Waals surface area contributed by atoms with Crippen molar-refractivity contribution >= 4 is 11.9 Å². The normalized spacial score (nSPS) is 10.6. The Hall–Kier alpha value is -1.59. The Balaban J connectivity index is 2.97. The predicted molar refractivity (Wildman–Crippen MR) is 73.3 cm³/mol. The second kappa shape index (κ2) is 6.98. The number of anilines is 2. The maximum Gasteiger partial charge on any atom is 0.323 e. The van der Waals surface area contributed by atoms with Crippen LogP contribution in [0.25, 0.3) is 0 Å². The lowest BCUT2D eigenvalue weighted by atomic mass is 10.4. The van der Waals surface area contributed by atoms with Gasteiger partial charge in [-0.3, -0.25) is 0 Å². The lowest BCUT2D eigenvalue weighted by Crippen LogP contribution is -2.28. The quantitative estimate of drug-likeness (QED) is 0.801. The fourth-order valence-electron chi connectivity index (χ4n) is 1.23. The molecule has 0 amide bonds. The van der Waals surface area contributed by atoms with Gasteiger partial charge in [-0.2, -0.15) is 15.0 Å². The molecule has 1 rings (SSSR count). The predicted octanol–water partition coefficient (Wildman–Crippen LogP) is 1.94. The summed E-state index contributed by atoms with van der Waals surface area (Å²) in [5.41, 5.74) is 0. The van der Waals surface area contributed by atoms with Crippen molar-refractivity contribution in [2.45, 2.75) is 40.2 Å². The second-order valence-corrected chi connectivity index (χ2v) is 4.33. The van der Waals surface area contributed by atoms with Gasteiger partial charge in [0.05, 0.1) is 6.61 Å². The Bertz CT molecular complexity index is 369. The third-order valence-corrected chi connectivity index (χ3v) is 2.46. The van der Waals surface area contributed by atoms with Crippen LogP contribution in [0.2, 0.25) is 0 Å². The number of nitrogens with one attached hydrogen (secondary N) is 1. The number of hydrogen-bond donors (Lipinski definition) is 1. The molecule has 102 valence electrons. The molecule has 0 aliphatic rings. The molecule has 0 spiro atoms. The van der Waals surface area contributed by atoms with E-state index in [9.17, 15) is 0 Å². The third kappa shape index (κ3) is 4.01. The van der Waals surface area contributed by atoms with E-state index in [2.05, 4.69) is 34.1 Å². The molecule has 0 bridgehead atoms. The number of rotatable bonds is 7. The highest BCUT2D eigenvalue weighted by Gasteiger charge is 2.12. The highest BCUT2D eigenvalue weighted by molar-refractivity contribution is 5.38. The topological polar surface area (TPSA) is 63.2 Å². The van der Waals surface area contributed by atoms with Crippen molar-refractivity contribution in [2.24, 2.45) is 0 Å². The van der Waals surface area contributed by atoms with Gasteiger partial charge in [-0.25, -0.2) is 0 Å². The minimum Gasteiger partial charge on any atom is -0.463 e. The number of nitrogens with zero attached hydrogens (tertiary/aromatic N) is 4. The zero-order valence-electron chi connectivity index (χ0n) is 11.9. The Labute approximate surface area is 109 Å². The lowest BCUT2D eigenvalue weighted by molar-refractivity contribution is 0.292. The van der Waals surface area contributed by atoms with E-state index < -0.39 is 0 Å². The van der Waals surface area contributed by atoms with Gasteiger partial charge in [0.1, 0.15) is 0 Å².